The molecular formula is C13H19N3O. The van der Waals surface area contributed by atoms with Gasteiger partial charge in [0.15, 0.2) is 0 Å². The first-order chi connectivity index (χ1) is 8.29. The second-order valence-corrected chi connectivity index (χ2v) is 5.01. The first kappa shape index (κ1) is 11.0. The Balaban J connectivity index is 1.99. The average molecular weight is 233 g/mol. The van der Waals surface area contributed by atoms with Gasteiger partial charge in [-0.15, -0.1) is 0 Å². The minimum atomic E-state index is 0.584. The Kier molecular flexibility index (Phi) is 2.74. The maximum Gasteiger partial charge on any atom is 0.135 e. The fourth-order valence-corrected chi connectivity index (χ4v) is 2.41. The van der Waals surface area contributed by atoms with Crippen LogP contribution in [0.25, 0.3) is 0 Å². The van der Waals surface area contributed by atoms with Crippen LogP contribution in [0.1, 0.15) is 43.3 Å². The lowest BCUT2D eigenvalue weighted by atomic mass is 10.1. The van der Waals surface area contributed by atoms with E-state index in [2.05, 4.69) is 24.1 Å². The molecule has 0 saturated heterocycles. The molecule has 2 aliphatic rings. The average Bonchev–Trinajstić information content (AvgIpc) is 3.07. The zero-order valence-electron chi connectivity index (χ0n) is 10.5. The number of aromatic nitrogens is 2. The first-order valence-electron chi connectivity index (χ1n) is 6.51. The molecule has 0 aromatic carbocycles. The van der Waals surface area contributed by atoms with E-state index in [4.69, 9.17) is 9.72 Å². The minimum Gasteiger partial charge on any atom is -0.376 e. The smallest absolute Gasteiger partial charge is 0.135 e. The maximum absolute atomic E-state index is 5.50. The normalized spacial score (nSPS) is 26.5. The van der Waals surface area contributed by atoms with E-state index in [1.807, 2.05) is 0 Å². The van der Waals surface area contributed by atoms with E-state index < -0.39 is 0 Å². The molecular weight excluding hydrogens is 214 g/mol. The molecule has 17 heavy (non-hydrogen) atoms. The summed E-state index contributed by atoms with van der Waals surface area (Å²) in [5.41, 5.74) is 2.35. The van der Waals surface area contributed by atoms with Crippen molar-refractivity contribution in [1.29, 1.82) is 0 Å². The molecule has 4 heteroatoms. The van der Waals surface area contributed by atoms with Gasteiger partial charge in [0.05, 0.1) is 18.9 Å². The second kappa shape index (κ2) is 4.26. The van der Waals surface area contributed by atoms with Crippen molar-refractivity contribution in [2.24, 2.45) is 5.92 Å². The van der Waals surface area contributed by atoms with Gasteiger partial charge in [0.1, 0.15) is 11.6 Å². The number of ether oxygens (including phenoxy) is 1. The highest BCUT2D eigenvalue weighted by molar-refractivity contribution is 5.47. The third kappa shape index (κ3) is 2.02. The molecule has 3 rings (SSSR count). The largest absolute Gasteiger partial charge is 0.376 e. The molecule has 1 fully saturated rings. The number of rotatable bonds is 3. The molecule has 1 aromatic heterocycles. The zero-order valence-corrected chi connectivity index (χ0v) is 10.5. The third-order valence-corrected chi connectivity index (χ3v) is 3.63. The summed E-state index contributed by atoms with van der Waals surface area (Å²) in [6.07, 6.45) is 2.16. The van der Waals surface area contributed by atoms with Crippen molar-refractivity contribution in [2.45, 2.75) is 39.2 Å². The van der Waals surface area contributed by atoms with E-state index in [1.54, 1.807) is 0 Å². The second-order valence-electron chi connectivity index (χ2n) is 5.01. The molecule has 0 bridgehead atoms. The highest BCUT2D eigenvalue weighted by Gasteiger charge is 2.37. The molecule has 4 nitrogen and oxygen atoms in total. The van der Waals surface area contributed by atoms with Crippen LogP contribution in [-0.2, 0) is 17.8 Å². The van der Waals surface area contributed by atoms with Crippen LogP contribution in [-0.4, -0.2) is 23.1 Å². The van der Waals surface area contributed by atoms with Gasteiger partial charge in [-0.1, -0.05) is 6.92 Å². The lowest BCUT2D eigenvalue weighted by molar-refractivity contribution is 0.109. The Labute approximate surface area is 102 Å². The molecule has 0 radical (unpaired) electrons. The molecule has 0 amide bonds. The molecule has 2 heterocycles. The van der Waals surface area contributed by atoms with E-state index in [-0.39, 0.29) is 0 Å². The van der Waals surface area contributed by atoms with Crippen LogP contribution in [0.2, 0.25) is 0 Å². The minimum absolute atomic E-state index is 0.584. The summed E-state index contributed by atoms with van der Waals surface area (Å²) in [4.78, 5) is 9.42. The van der Waals surface area contributed by atoms with E-state index >= 15 is 0 Å². The van der Waals surface area contributed by atoms with Crippen molar-refractivity contribution >= 4 is 5.82 Å². The van der Waals surface area contributed by atoms with E-state index in [0.717, 1.165) is 42.7 Å². The molecule has 1 saturated carbocycles. The van der Waals surface area contributed by atoms with Crippen molar-refractivity contribution in [2.75, 3.05) is 18.5 Å². The monoisotopic (exact) mass is 233 g/mol. The van der Waals surface area contributed by atoms with Gasteiger partial charge in [-0.05, 0) is 19.3 Å². The highest BCUT2D eigenvalue weighted by atomic mass is 16.5. The lowest BCUT2D eigenvalue weighted by Gasteiger charge is -2.19. The SMILES string of the molecule is CCNc1nc(C2CC2C)nc2c1COCC2. The molecule has 1 aromatic rings. The van der Waals surface area contributed by atoms with Gasteiger partial charge in [0.25, 0.3) is 0 Å². The van der Waals surface area contributed by atoms with Gasteiger partial charge in [0, 0.05) is 24.4 Å². The zero-order chi connectivity index (χ0) is 11.8. The molecule has 1 aliphatic heterocycles. The van der Waals surface area contributed by atoms with Gasteiger partial charge in [0.2, 0.25) is 0 Å². The van der Waals surface area contributed by atoms with Crippen LogP contribution in [0.15, 0.2) is 0 Å². The Morgan fingerprint density at radius 1 is 1.41 bits per heavy atom. The fourth-order valence-electron chi connectivity index (χ4n) is 2.41. The van der Waals surface area contributed by atoms with Crippen LogP contribution >= 0.6 is 0 Å². The molecule has 2 unspecified atom stereocenters. The standard InChI is InChI=1S/C13H19N3O/c1-3-14-12-10-7-17-5-4-11(10)15-13(16-12)9-6-8(9)2/h8-9H,3-7H2,1-2H3,(H,14,15,16). The van der Waals surface area contributed by atoms with Crippen LogP contribution < -0.4 is 5.32 Å². The maximum atomic E-state index is 5.50. The number of fused-ring (bicyclic) bond motifs is 1. The van der Waals surface area contributed by atoms with Crippen LogP contribution in [0, 0.1) is 5.92 Å². The molecule has 92 valence electrons. The van der Waals surface area contributed by atoms with Crippen LogP contribution in [0.3, 0.4) is 0 Å². The topological polar surface area (TPSA) is 47.0 Å². The summed E-state index contributed by atoms with van der Waals surface area (Å²) in [6, 6.07) is 0. The number of hydrogen-bond donors (Lipinski definition) is 1. The number of hydrogen-bond acceptors (Lipinski definition) is 4. The summed E-state index contributed by atoms with van der Waals surface area (Å²) >= 11 is 0. The predicted molar refractivity (Wildman–Crippen MR) is 66.1 cm³/mol. The molecule has 0 spiro atoms. The quantitative estimate of drug-likeness (QED) is 0.868. The van der Waals surface area contributed by atoms with Crippen molar-refractivity contribution in [3.8, 4) is 0 Å². The lowest BCUT2D eigenvalue weighted by Crippen LogP contribution is -2.18. The summed E-state index contributed by atoms with van der Waals surface area (Å²) < 4.78 is 5.50. The van der Waals surface area contributed by atoms with E-state index in [1.165, 1.54) is 12.1 Å². The third-order valence-electron chi connectivity index (χ3n) is 3.63. The van der Waals surface area contributed by atoms with Gasteiger partial charge in [-0.3, -0.25) is 0 Å². The van der Waals surface area contributed by atoms with Crippen LogP contribution in [0.4, 0.5) is 5.82 Å². The summed E-state index contributed by atoms with van der Waals surface area (Å²) in [5, 5.41) is 3.34. The predicted octanol–water partition coefficient (Wildman–Crippen LogP) is 2.10. The summed E-state index contributed by atoms with van der Waals surface area (Å²) in [6.45, 7) is 6.69. The van der Waals surface area contributed by atoms with Gasteiger partial charge in [-0.2, -0.15) is 0 Å². The summed E-state index contributed by atoms with van der Waals surface area (Å²) in [5.74, 6) is 3.36. The summed E-state index contributed by atoms with van der Waals surface area (Å²) in [7, 11) is 0. The Bertz CT molecular complexity index is 433. The van der Waals surface area contributed by atoms with Crippen molar-refractivity contribution in [3.63, 3.8) is 0 Å². The van der Waals surface area contributed by atoms with Crippen LogP contribution in [0.5, 0.6) is 0 Å². The molecule has 1 N–H and O–H groups in total. The number of nitrogens with one attached hydrogen (secondary N) is 1. The number of nitrogens with zero attached hydrogens (tertiary/aromatic N) is 2. The van der Waals surface area contributed by atoms with Crippen molar-refractivity contribution < 1.29 is 4.74 Å². The van der Waals surface area contributed by atoms with Crippen molar-refractivity contribution in [1.82, 2.24) is 9.97 Å². The Morgan fingerprint density at radius 3 is 2.94 bits per heavy atom. The Hall–Kier alpha value is -1.16. The number of anilines is 1. The molecule has 2 atom stereocenters. The highest BCUT2D eigenvalue weighted by Crippen LogP contribution is 2.46. The Morgan fingerprint density at radius 2 is 2.24 bits per heavy atom. The van der Waals surface area contributed by atoms with E-state index in [0.29, 0.717) is 12.5 Å². The van der Waals surface area contributed by atoms with Gasteiger partial charge < -0.3 is 10.1 Å². The fraction of sp³-hybridized carbons (Fsp3) is 0.692. The first-order valence-corrected chi connectivity index (χ1v) is 6.51. The van der Waals surface area contributed by atoms with Gasteiger partial charge >= 0.3 is 0 Å². The van der Waals surface area contributed by atoms with E-state index in [9.17, 15) is 0 Å². The van der Waals surface area contributed by atoms with Crippen molar-refractivity contribution in [3.05, 3.63) is 17.1 Å². The molecule has 1 aliphatic carbocycles. The van der Waals surface area contributed by atoms with Gasteiger partial charge in [-0.25, -0.2) is 9.97 Å².